The standard InChI is InChI=1S/C23H33N3O4.HI/c1-4-24-21(25-16-22(2,27)20-6-5-13-30-20)26-17-23(11-14-29-15-12-23)18-7-9-19(28-3)10-8-18;/h5-10,13,27H,4,11-12,14-17H2,1-3H3,(H2,24,25,26);1H. The SMILES string of the molecule is CCNC(=NCC(C)(O)c1ccco1)NCC1(c2ccc(OC)cc2)CCOCC1.I. The largest absolute Gasteiger partial charge is 0.497 e. The van der Waals surface area contributed by atoms with Crippen LogP contribution in [0.25, 0.3) is 0 Å². The van der Waals surface area contributed by atoms with Crippen LogP contribution in [0.4, 0.5) is 0 Å². The van der Waals surface area contributed by atoms with Gasteiger partial charge in [-0.3, -0.25) is 0 Å². The average molecular weight is 543 g/mol. The minimum atomic E-state index is -1.17. The van der Waals surface area contributed by atoms with Gasteiger partial charge in [0.05, 0.1) is 19.9 Å². The molecule has 1 aliphatic heterocycles. The van der Waals surface area contributed by atoms with E-state index in [1.54, 1.807) is 32.4 Å². The van der Waals surface area contributed by atoms with Gasteiger partial charge in [-0.1, -0.05) is 12.1 Å². The van der Waals surface area contributed by atoms with Crippen LogP contribution >= 0.6 is 24.0 Å². The minimum Gasteiger partial charge on any atom is -0.497 e. The minimum absolute atomic E-state index is 0. The summed E-state index contributed by atoms with van der Waals surface area (Å²) in [6.07, 6.45) is 3.41. The van der Waals surface area contributed by atoms with E-state index in [4.69, 9.17) is 13.9 Å². The highest BCUT2D eigenvalue weighted by molar-refractivity contribution is 14.0. The van der Waals surface area contributed by atoms with E-state index in [0.29, 0.717) is 11.7 Å². The number of methoxy groups -OCH3 is 1. The predicted octanol–water partition coefficient (Wildman–Crippen LogP) is 3.42. The number of guanidine groups is 1. The first-order valence-corrected chi connectivity index (χ1v) is 10.5. The molecule has 3 rings (SSSR count). The third-order valence-corrected chi connectivity index (χ3v) is 5.69. The molecule has 31 heavy (non-hydrogen) atoms. The van der Waals surface area contributed by atoms with E-state index in [9.17, 15) is 5.11 Å². The van der Waals surface area contributed by atoms with Crippen LogP contribution in [-0.4, -0.2) is 51.0 Å². The average Bonchev–Trinajstić information content (AvgIpc) is 3.32. The Balaban J connectivity index is 0.00000341. The maximum absolute atomic E-state index is 10.7. The van der Waals surface area contributed by atoms with Gasteiger partial charge in [0.15, 0.2) is 5.96 Å². The van der Waals surface area contributed by atoms with Gasteiger partial charge in [-0.15, -0.1) is 24.0 Å². The van der Waals surface area contributed by atoms with Gasteiger partial charge in [0.2, 0.25) is 0 Å². The van der Waals surface area contributed by atoms with E-state index in [2.05, 4.69) is 27.8 Å². The number of furan rings is 1. The third kappa shape index (κ3) is 6.60. The summed E-state index contributed by atoms with van der Waals surface area (Å²) in [6.45, 7) is 6.83. The molecule has 0 saturated carbocycles. The number of ether oxygens (including phenoxy) is 2. The number of benzene rings is 1. The fourth-order valence-electron chi connectivity index (χ4n) is 3.76. The van der Waals surface area contributed by atoms with Gasteiger partial charge < -0.3 is 29.6 Å². The summed E-state index contributed by atoms with van der Waals surface area (Å²) >= 11 is 0. The number of nitrogens with zero attached hydrogens (tertiary/aromatic N) is 1. The molecule has 0 radical (unpaired) electrons. The lowest BCUT2D eigenvalue weighted by Gasteiger charge is -2.38. The summed E-state index contributed by atoms with van der Waals surface area (Å²) in [6, 6.07) is 11.8. The van der Waals surface area contributed by atoms with Crippen molar-refractivity contribution in [2.75, 3.05) is 40.0 Å². The van der Waals surface area contributed by atoms with Crippen molar-refractivity contribution in [2.24, 2.45) is 4.99 Å². The van der Waals surface area contributed by atoms with Crippen molar-refractivity contribution >= 4 is 29.9 Å². The van der Waals surface area contributed by atoms with Gasteiger partial charge in [-0.05, 0) is 56.5 Å². The molecule has 0 bridgehead atoms. The van der Waals surface area contributed by atoms with E-state index in [-0.39, 0.29) is 35.9 Å². The maximum Gasteiger partial charge on any atom is 0.191 e. The first-order valence-electron chi connectivity index (χ1n) is 10.5. The van der Waals surface area contributed by atoms with Crippen LogP contribution in [0.1, 0.15) is 38.0 Å². The number of hydrogen-bond acceptors (Lipinski definition) is 5. The van der Waals surface area contributed by atoms with Gasteiger partial charge in [-0.2, -0.15) is 0 Å². The highest BCUT2D eigenvalue weighted by Crippen LogP contribution is 2.35. The van der Waals surface area contributed by atoms with Crippen molar-refractivity contribution in [3.63, 3.8) is 0 Å². The third-order valence-electron chi connectivity index (χ3n) is 5.69. The Morgan fingerprint density at radius 3 is 2.48 bits per heavy atom. The predicted molar refractivity (Wildman–Crippen MR) is 132 cm³/mol. The maximum atomic E-state index is 10.7. The molecule has 1 atom stereocenters. The summed E-state index contributed by atoms with van der Waals surface area (Å²) in [4.78, 5) is 4.61. The van der Waals surface area contributed by atoms with Crippen LogP contribution in [0.5, 0.6) is 5.75 Å². The highest BCUT2D eigenvalue weighted by Gasteiger charge is 2.35. The lowest BCUT2D eigenvalue weighted by Crippen LogP contribution is -2.48. The lowest BCUT2D eigenvalue weighted by atomic mass is 9.74. The Hall–Kier alpha value is -1.78. The molecule has 0 aliphatic carbocycles. The molecule has 8 heteroatoms. The van der Waals surface area contributed by atoms with E-state index in [1.807, 2.05) is 19.1 Å². The number of hydrogen-bond donors (Lipinski definition) is 3. The molecule has 1 saturated heterocycles. The van der Waals surface area contributed by atoms with Crippen LogP contribution in [0, 0.1) is 0 Å². The van der Waals surface area contributed by atoms with Crippen molar-refractivity contribution in [1.29, 1.82) is 0 Å². The molecule has 0 spiro atoms. The fourth-order valence-corrected chi connectivity index (χ4v) is 3.76. The quantitative estimate of drug-likeness (QED) is 0.269. The van der Waals surface area contributed by atoms with E-state index >= 15 is 0 Å². The number of nitrogens with one attached hydrogen (secondary N) is 2. The molecule has 7 nitrogen and oxygen atoms in total. The summed E-state index contributed by atoms with van der Waals surface area (Å²) < 4.78 is 16.3. The summed E-state index contributed by atoms with van der Waals surface area (Å²) in [5, 5.41) is 17.5. The molecule has 1 unspecified atom stereocenters. The zero-order chi connectivity index (χ0) is 21.5. The van der Waals surface area contributed by atoms with Crippen molar-refractivity contribution in [2.45, 2.75) is 37.7 Å². The zero-order valence-corrected chi connectivity index (χ0v) is 20.8. The highest BCUT2D eigenvalue weighted by atomic mass is 127. The van der Waals surface area contributed by atoms with Crippen molar-refractivity contribution < 1.29 is 19.0 Å². The van der Waals surface area contributed by atoms with Gasteiger partial charge in [0.1, 0.15) is 17.1 Å². The van der Waals surface area contributed by atoms with Gasteiger partial charge in [0.25, 0.3) is 0 Å². The second kappa shape index (κ2) is 11.7. The normalized spacial score (nSPS) is 17.9. The van der Waals surface area contributed by atoms with Crippen LogP contribution in [0.3, 0.4) is 0 Å². The Bertz CT molecular complexity index is 801. The van der Waals surface area contributed by atoms with E-state index in [1.165, 1.54) is 5.56 Å². The number of aliphatic hydroxyl groups is 1. The molecule has 2 heterocycles. The summed E-state index contributed by atoms with van der Waals surface area (Å²) in [5.41, 5.74) is 0.0418. The van der Waals surface area contributed by atoms with Crippen LogP contribution in [-0.2, 0) is 15.8 Å². The molecular formula is C23H34IN3O4. The topological polar surface area (TPSA) is 88.3 Å². The second-order valence-electron chi connectivity index (χ2n) is 7.92. The van der Waals surface area contributed by atoms with Crippen molar-refractivity contribution in [3.05, 3.63) is 54.0 Å². The Kier molecular flexibility index (Phi) is 9.64. The number of aliphatic imine (C=N–C) groups is 1. The molecule has 1 fully saturated rings. The number of rotatable bonds is 8. The van der Waals surface area contributed by atoms with Crippen LogP contribution < -0.4 is 15.4 Å². The molecule has 0 amide bonds. The van der Waals surface area contributed by atoms with Gasteiger partial charge in [0, 0.05) is 31.7 Å². The van der Waals surface area contributed by atoms with Crippen LogP contribution in [0.15, 0.2) is 52.1 Å². The van der Waals surface area contributed by atoms with E-state index < -0.39 is 5.60 Å². The molecule has 3 N–H and O–H groups in total. The van der Waals surface area contributed by atoms with Crippen molar-refractivity contribution in [3.8, 4) is 5.75 Å². The molecule has 1 aromatic carbocycles. The lowest BCUT2D eigenvalue weighted by molar-refractivity contribution is 0.0435. The molecule has 172 valence electrons. The van der Waals surface area contributed by atoms with Crippen LogP contribution in [0.2, 0.25) is 0 Å². The molecule has 2 aromatic rings. The Morgan fingerprint density at radius 2 is 1.90 bits per heavy atom. The van der Waals surface area contributed by atoms with Crippen molar-refractivity contribution in [1.82, 2.24) is 10.6 Å². The first kappa shape index (κ1) is 25.5. The Morgan fingerprint density at radius 1 is 1.19 bits per heavy atom. The summed E-state index contributed by atoms with van der Waals surface area (Å²) in [7, 11) is 1.68. The first-order chi connectivity index (χ1) is 14.5. The zero-order valence-electron chi connectivity index (χ0n) is 18.5. The molecule has 1 aliphatic rings. The molecule has 1 aromatic heterocycles. The smallest absolute Gasteiger partial charge is 0.191 e. The van der Waals surface area contributed by atoms with Gasteiger partial charge in [-0.25, -0.2) is 4.99 Å². The number of halogens is 1. The van der Waals surface area contributed by atoms with E-state index in [0.717, 1.165) is 44.9 Å². The second-order valence-corrected chi connectivity index (χ2v) is 7.92. The monoisotopic (exact) mass is 543 g/mol. The fraction of sp³-hybridized carbons (Fsp3) is 0.522. The Labute approximate surface area is 201 Å². The summed E-state index contributed by atoms with van der Waals surface area (Å²) in [5.74, 6) is 2.02. The molecular weight excluding hydrogens is 509 g/mol. The van der Waals surface area contributed by atoms with Gasteiger partial charge >= 0.3 is 0 Å².